The van der Waals surface area contributed by atoms with E-state index >= 15 is 0 Å². The minimum absolute atomic E-state index is 0.296. The summed E-state index contributed by atoms with van der Waals surface area (Å²) in [6, 6.07) is 0. The van der Waals surface area contributed by atoms with Gasteiger partial charge in [0.25, 0.3) is 0 Å². The Morgan fingerprint density at radius 1 is 1.43 bits per heavy atom. The van der Waals surface area contributed by atoms with Crippen LogP contribution in [0.25, 0.3) is 0 Å². The van der Waals surface area contributed by atoms with Crippen molar-refractivity contribution in [1.82, 2.24) is 0 Å². The van der Waals surface area contributed by atoms with Gasteiger partial charge in [-0.05, 0) is 0 Å². The molecule has 0 unspecified atom stereocenters. The van der Waals surface area contributed by atoms with Gasteiger partial charge in [-0.1, -0.05) is 19.6 Å². The van der Waals surface area contributed by atoms with Crippen LogP contribution in [0.4, 0.5) is 0 Å². The first-order chi connectivity index (χ1) is 3.06. The Morgan fingerprint density at radius 3 is 1.86 bits per heavy atom. The average molecular weight is 129 g/mol. The molecule has 0 saturated heterocycles. The molecular weight excluding hydrogens is 118 g/mol. The summed E-state index contributed by atoms with van der Waals surface area (Å²) in [4.78, 5) is 0. The number of nitriles is 1. The third-order valence-corrected chi connectivity index (χ3v) is 5.48. The van der Waals surface area contributed by atoms with E-state index in [0.29, 0.717) is 0 Å². The molecule has 0 spiro atoms. The van der Waals surface area contributed by atoms with Gasteiger partial charge in [-0.15, -0.1) is 0 Å². The molecule has 0 aromatic rings. The first kappa shape index (κ1) is 6.92. The lowest BCUT2D eigenvalue weighted by molar-refractivity contribution is 1.56. The maximum absolute atomic E-state index is 8.25. The molecule has 0 aliphatic carbocycles. The smallest absolute Gasteiger partial charge is 0.134 e. The van der Waals surface area contributed by atoms with Crippen molar-refractivity contribution in [3.05, 3.63) is 0 Å². The van der Waals surface area contributed by atoms with E-state index in [4.69, 9.17) is 5.26 Å². The molecule has 0 rings (SSSR count). The summed E-state index contributed by atoms with van der Waals surface area (Å²) in [5, 5.41) is 8.25. The van der Waals surface area contributed by atoms with Gasteiger partial charge in [-0.3, -0.25) is 0 Å². The summed E-state index contributed by atoms with van der Waals surface area (Å²) in [7, 11) is -1.17. The van der Waals surface area contributed by atoms with Crippen LogP contribution in [0.5, 0.6) is 0 Å². The Balaban J connectivity index is 3.40. The highest BCUT2D eigenvalue weighted by molar-refractivity contribution is 7.25. The molecule has 0 N–H and O–H groups in total. The largest absolute Gasteiger partial charge is 0.208 e. The van der Waals surface area contributed by atoms with Gasteiger partial charge in [-0.25, -0.2) is 5.26 Å². The molecule has 40 valence electrons. The SMILES string of the molecule is C[Si](C)(C)[SiH2]C#N. The number of hydrogen-bond acceptors (Lipinski definition) is 1. The third-order valence-electron chi connectivity index (χ3n) is 0.609. The van der Waals surface area contributed by atoms with Gasteiger partial charge in [0.15, 0.2) is 0 Å². The zero-order valence-corrected chi connectivity index (χ0v) is 7.57. The van der Waals surface area contributed by atoms with Gasteiger partial charge in [0.1, 0.15) is 9.04 Å². The van der Waals surface area contributed by atoms with Crippen LogP contribution >= 0.6 is 0 Å². The Hall–Kier alpha value is -0.0762. The molecule has 0 radical (unpaired) electrons. The maximum Gasteiger partial charge on any atom is 0.134 e. The Morgan fingerprint density at radius 2 is 1.86 bits per heavy atom. The molecule has 0 atom stereocenters. The zero-order valence-electron chi connectivity index (χ0n) is 5.15. The second-order valence-electron chi connectivity index (χ2n) is 2.90. The van der Waals surface area contributed by atoms with E-state index in [1.165, 1.54) is 0 Å². The highest BCUT2D eigenvalue weighted by Gasteiger charge is 2.11. The summed E-state index contributed by atoms with van der Waals surface area (Å²) in [6.07, 6.45) is 0. The standard InChI is InChI=1S/C4H11NSi2/c1-7(2,3)6-4-5/h6H2,1-3H3. The van der Waals surface area contributed by atoms with E-state index in [-0.39, 0.29) is 9.04 Å². The molecule has 3 heteroatoms. The van der Waals surface area contributed by atoms with Gasteiger partial charge in [-0.2, -0.15) is 0 Å². The van der Waals surface area contributed by atoms with Crippen LogP contribution in [0.1, 0.15) is 0 Å². The van der Waals surface area contributed by atoms with Gasteiger partial charge in [0.05, 0.1) is 0 Å². The minimum Gasteiger partial charge on any atom is -0.208 e. The summed E-state index contributed by atoms with van der Waals surface area (Å²) < 4.78 is 0. The maximum atomic E-state index is 8.25. The van der Waals surface area contributed by atoms with Crippen molar-refractivity contribution >= 4 is 16.6 Å². The van der Waals surface area contributed by atoms with Crippen LogP contribution in [-0.4, -0.2) is 16.6 Å². The van der Waals surface area contributed by atoms with Crippen molar-refractivity contribution in [2.45, 2.75) is 19.6 Å². The quantitative estimate of drug-likeness (QED) is 0.472. The number of nitrogens with zero attached hydrogens (tertiary/aromatic N) is 1. The van der Waals surface area contributed by atoms with Gasteiger partial charge < -0.3 is 0 Å². The molecule has 1 nitrogen and oxygen atoms in total. The van der Waals surface area contributed by atoms with E-state index in [0.717, 1.165) is 0 Å². The van der Waals surface area contributed by atoms with Crippen LogP contribution < -0.4 is 0 Å². The lowest BCUT2D eigenvalue weighted by Gasteiger charge is -2.06. The fourth-order valence-electron chi connectivity index (χ4n) is 0.237. The van der Waals surface area contributed by atoms with Gasteiger partial charge >= 0.3 is 0 Å². The van der Waals surface area contributed by atoms with Crippen LogP contribution in [0.2, 0.25) is 19.6 Å². The van der Waals surface area contributed by atoms with Crippen molar-refractivity contribution < 1.29 is 0 Å². The van der Waals surface area contributed by atoms with E-state index in [1.54, 1.807) is 0 Å². The van der Waals surface area contributed by atoms with E-state index < -0.39 is 7.59 Å². The lowest BCUT2D eigenvalue weighted by Crippen LogP contribution is -2.28. The molecular formula is C4H11NSi2. The molecule has 0 aliphatic heterocycles. The topological polar surface area (TPSA) is 23.8 Å². The first-order valence-corrected chi connectivity index (χ1v) is 8.97. The second kappa shape index (κ2) is 2.29. The van der Waals surface area contributed by atoms with Crippen molar-refractivity contribution in [2.75, 3.05) is 0 Å². The fourth-order valence-corrected chi connectivity index (χ4v) is 2.13. The lowest BCUT2D eigenvalue weighted by atomic mass is 11.8. The fraction of sp³-hybridized carbons (Fsp3) is 0.750. The average Bonchev–Trinajstić information content (AvgIpc) is 1.30. The highest BCUT2D eigenvalue weighted by atomic mass is 29.2. The molecule has 0 aromatic heterocycles. The third kappa shape index (κ3) is 5.92. The summed E-state index contributed by atoms with van der Waals surface area (Å²) in [5.41, 5.74) is 2.31. The highest BCUT2D eigenvalue weighted by Crippen LogP contribution is 1.94. The van der Waals surface area contributed by atoms with E-state index in [1.807, 2.05) is 0 Å². The predicted octanol–water partition coefficient (Wildman–Crippen LogP) is 0.471. The van der Waals surface area contributed by atoms with Crippen molar-refractivity contribution in [1.29, 1.82) is 5.26 Å². The molecule has 0 bridgehead atoms. The molecule has 0 fully saturated rings. The molecule has 0 aromatic carbocycles. The monoisotopic (exact) mass is 129 g/mol. The van der Waals surface area contributed by atoms with Crippen molar-refractivity contribution in [2.24, 2.45) is 0 Å². The second-order valence-corrected chi connectivity index (χ2v) is 16.1. The molecule has 0 aliphatic rings. The Labute approximate surface area is 48.0 Å². The zero-order chi connectivity index (χ0) is 5.91. The molecule has 0 saturated carbocycles. The Kier molecular flexibility index (Phi) is 2.26. The summed E-state index contributed by atoms with van der Waals surface area (Å²) in [6.45, 7) is 6.76. The molecule has 0 heterocycles. The van der Waals surface area contributed by atoms with Crippen molar-refractivity contribution in [3.63, 3.8) is 0 Å². The van der Waals surface area contributed by atoms with Crippen molar-refractivity contribution in [3.8, 4) is 5.69 Å². The molecule has 7 heavy (non-hydrogen) atoms. The summed E-state index contributed by atoms with van der Waals surface area (Å²) >= 11 is 0. The summed E-state index contributed by atoms with van der Waals surface area (Å²) in [5.74, 6) is 0. The van der Waals surface area contributed by atoms with Crippen LogP contribution in [0.3, 0.4) is 0 Å². The first-order valence-electron chi connectivity index (χ1n) is 2.43. The number of rotatable bonds is 1. The van der Waals surface area contributed by atoms with E-state index in [2.05, 4.69) is 25.3 Å². The van der Waals surface area contributed by atoms with E-state index in [9.17, 15) is 0 Å². The molecule has 0 amide bonds. The van der Waals surface area contributed by atoms with Crippen LogP contribution in [-0.2, 0) is 0 Å². The Bertz CT molecular complexity index is 86.8. The van der Waals surface area contributed by atoms with Crippen LogP contribution in [0, 0.1) is 11.0 Å². The van der Waals surface area contributed by atoms with Gasteiger partial charge in [0.2, 0.25) is 0 Å². The normalized spacial score (nSPS) is 12.3. The number of hydrogen-bond donors (Lipinski definition) is 0. The van der Waals surface area contributed by atoms with Gasteiger partial charge in [0, 0.05) is 13.3 Å². The predicted molar refractivity (Wildman–Crippen MR) is 37.5 cm³/mol. The minimum atomic E-state index is -0.879. The van der Waals surface area contributed by atoms with Crippen LogP contribution in [0.15, 0.2) is 0 Å².